The van der Waals surface area contributed by atoms with E-state index in [1.54, 1.807) is 24.3 Å². The van der Waals surface area contributed by atoms with Crippen LogP contribution in [0.4, 0.5) is 0 Å². The smallest absolute Gasteiger partial charge is 0.217 e. The van der Waals surface area contributed by atoms with Gasteiger partial charge in [0.05, 0.1) is 20.0 Å². The minimum atomic E-state index is -2.02. The Hall–Kier alpha value is -2.47. The van der Waals surface area contributed by atoms with Crippen molar-refractivity contribution in [2.24, 2.45) is 0 Å². The summed E-state index contributed by atoms with van der Waals surface area (Å²) in [7, 11) is 0. The van der Waals surface area contributed by atoms with E-state index in [2.05, 4.69) is 15.5 Å². The van der Waals surface area contributed by atoms with Crippen LogP contribution in [0.1, 0.15) is 26.8 Å². The molecular weight excluding hydrogens is 318 g/mol. The number of carbonyl (C=O) groups excluding carboxylic acids is 1. The molecule has 0 radical (unpaired) electrons. The fraction of sp³-hybridized carbons (Fsp3) is 0.250. The summed E-state index contributed by atoms with van der Waals surface area (Å²) in [6.45, 7) is 1.23. The van der Waals surface area contributed by atoms with Crippen LogP contribution in [0.3, 0.4) is 0 Å². The fourth-order valence-electron chi connectivity index (χ4n) is 2.10. The van der Waals surface area contributed by atoms with Crippen LogP contribution in [0.15, 0.2) is 28.8 Å². The Morgan fingerprint density at radius 3 is 3.00 bits per heavy atom. The predicted octanol–water partition coefficient (Wildman–Crippen LogP) is 3.33. The minimum Gasteiger partial charge on any atom is -0.484 e. The van der Waals surface area contributed by atoms with Crippen molar-refractivity contribution in [2.75, 3.05) is 0 Å². The molecule has 1 amide bonds. The zero-order chi connectivity index (χ0) is 18.2. The zero-order valence-electron chi connectivity index (χ0n) is 14.6. The Bertz CT molecular complexity index is 936. The van der Waals surface area contributed by atoms with Gasteiger partial charge in [0.1, 0.15) is 12.4 Å². The normalized spacial score (nSPS) is 12.8. The molecule has 0 aliphatic heterocycles. The first-order chi connectivity index (χ1) is 11.7. The van der Waals surface area contributed by atoms with Gasteiger partial charge in [0.2, 0.25) is 5.91 Å². The second kappa shape index (κ2) is 6.34. The highest BCUT2D eigenvalue weighted by atomic mass is 35.5. The third-order valence-electron chi connectivity index (χ3n) is 3.09. The van der Waals surface area contributed by atoms with Crippen LogP contribution in [0.5, 0.6) is 5.75 Å². The lowest BCUT2D eigenvalue weighted by Crippen LogP contribution is -2.18. The first-order valence-electron chi connectivity index (χ1n) is 7.91. The second-order valence-corrected chi connectivity index (χ2v) is 5.49. The lowest BCUT2D eigenvalue weighted by Gasteiger charge is -2.06. The quantitative estimate of drug-likeness (QED) is 0.749. The molecule has 7 heteroatoms. The van der Waals surface area contributed by atoms with Gasteiger partial charge >= 0.3 is 0 Å². The van der Waals surface area contributed by atoms with E-state index < -0.39 is 12.4 Å². The summed E-state index contributed by atoms with van der Waals surface area (Å²) in [6, 6.07) is 6.71. The van der Waals surface area contributed by atoms with E-state index >= 15 is 0 Å². The summed E-state index contributed by atoms with van der Waals surface area (Å²) in [5.74, 6) is 0.535. The molecule has 0 bridgehead atoms. The predicted molar refractivity (Wildman–Crippen MR) is 86.4 cm³/mol. The number of halogens is 1. The standard InChI is InChI=1S/C16H16ClN3O3/c1-9-3-13(23-20-9)8-22-16-6-15-11(5-14(16)17)4-12(19-15)7-18-10(2)21/h3-6,19H,7-8H2,1-2H3,(H,18,21)/i7D2. The maximum absolute atomic E-state index is 11.2. The molecule has 120 valence electrons. The zero-order valence-corrected chi connectivity index (χ0v) is 13.3. The molecule has 0 unspecified atom stereocenters. The van der Waals surface area contributed by atoms with Crippen molar-refractivity contribution >= 4 is 28.4 Å². The topological polar surface area (TPSA) is 80.2 Å². The van der Waals surface area contributed by atoms with Crippen LogP contribution in [-0.2, 0) is 17.9 Å². The van der Waals surface area contributed by atoms with Gasteiger partial charge < -0.3 is 19.6 Å². The number of H-pyrrole nitrogens is 1. The lowest BCUT2D eigenvalue weighted by molar-refractivity contribution is -0.119. The Kier molecular flexibility index (Phi) is 3.59. The summed E-state index contributed by atoms with van der Waals surface area (Å²) in [5, 5.41) is 7.13. The molecule has 6 nitrogen and oxygen atoms in total. The Morgan fingerprint density at radius 2 is 2.30 bits per heavy atom. The number of nitrogens with one attached hydrogen (secondary N) is 2. The van der Waals surface area contributed by atoms with Gasteiger partial charge in [-0.1, -0.05) is 16.8 Å². The molecule has 2 heterocycles. The third-order valence-corrected chi connectivity index (χ3v) is 3.39. The van der Waals surface area contributed by atoms with Crippen molar-refractivity contribution in [3.05, 3.63) is 46.4 Å². The van der Waals surface area contributed by atoms with E-state index in [-0.39, 0.29) is 12.3 Å². The number of aromatic nitrogens is 2. The largest absolute Gasteiger partial charge is 0.484 e. The van der Waals surface area contributed by atoms with Crippen molar-refractivity contribution in [3.63, 3.8) is 0 Å². The number of hydrogen-bond acceptors (Lipinski definition) is 4. The molecule has 3 rings (SSSR count). The molecule has 0 saturated carbocycles. The number of hydrogen-bond donors (Lipinski definition) is 2. The van der Waals surface area contributed by atoms with E-state index in [0.29, 0.717) is 27.4 Å². The monoisotopic (exact) mass is 335 g/mol. The fourth-order valence-corrected chi connectivity index (χ4v) is 2.33. The van der Waals surface area contributed by atoms with Crippen molar-refractivity contribution < 1.29 is 16.8 Å². The van der Waals surface area contributed by atoms with Crippen LogP contribution >= 0.6 is 11.6 Å². The number of fused-ring (bicyclic) bond motifs is 1. The number of aromatic amines is 1. The average molecular weight is 336 g/mol. The van der Waals surface area contributed by atoms with E-state index in [4.69, 9.17) is 23.6 Å². The molecule has 0 aliphatic rings. The number of rotatable bonds is 5. The van der Waals surface area contributed by atoms with Crippen LogP contribution in [0.2, 0.25) is 5.02 Å². The van der Waals surface area contributed by atoms with E-state index in [1.165, 1.54) is 6.92 Å². The molecule has 3 aromatic rings. The van der Waals surface area contributed by atoms with Crippen LogP contribution in [0, 0.1) is 6.92 Å². The van der Waals surface area contributed by atoms with Crippen molar-refractivity contribution in [1.29, 1.82) is 0 Å². The summed E-state index contributed by atoms with van der Waals surface area (Å²) >= 11 is 6.23. The van der Waals surface area contributed by atoms with Gasteiger partial charge in [-0.15, -0.1) is 0 Å². The summed E-state index contributed by atoms with van der Waals surface area (Å²) in [5.41, 5.74) is 1.61. The Labute approximate surface area is 140 Å². The van der Waals surface area contributed by atoms with Gasteiger partial charge in [0.25, 0.3) is 0 Å². The molecule has 2 aromatic heterocycles. The van der Waals surface area contributed by atoms with E-state index in [0.717, 1.165) is 5.69 Å². The average Bonchev–Trinajstić information content (AvgIpc) is 3.09. The van der Waals surface area contributed by atoms with Gasteiger partial charge in [-0.2, -0.15) is 0 Å². The van der Waals surface area contributed by atoms with Gasteiger partial charge in [-0.3, -0.25) is 4.79 Å². The highest BCUT2D eigenvalue weighted by Gasteiger charge is 2.09. The number of amides is 1. The molecule has 0 aliphatic carbocycles. The molecular formula is C16H16ClN3O3. The number of carbonyl (C=O) groups is 1. The lowest BCUT2D eigenvalue weighted by atomic mass is 10.2. The number of aryl methyl sites for hydroxylation is 1. The summed E-state index contributed by atoms with van der Waals surface area (Å²) in [6.07, 6.45) is 0. The van der Waals surface area contributed by atoms with Gasteiger partial charge in [-0.25, -0.2) is 0 Å². The SMILES string of the molecule is [2H]C([2H])(NC(C)=O)c1cc2cc(Cl)c(OCc3cc(C)no3)cc2[nH]1. The summed E-state index contributed by atoms with van der Waals surface area (Å²) in [4.78, 5) is 14.1. The van der Waals surface area contributed by atoms with Gasteiger partial charge in [-0.05, 0) is 19.1 Å². The molecule has 2 N–H and O–H groups in total. The second-order valence-electron chi connectivity index (χ2n) is 5.08. The van der Waals surface area contributed by atoms with E-state index in [9.17, 15) is 4.79 Å². The van der Waals surface area contributed by atoms with Crippen LogP contribution < -0.4 is 10.1 Å². The highest BCUT2D eigenvalue weighted by molar-refractivity contribution is 6.32. The Balaban J connectivity index is 1.86. The molecule has 0 fully saturated rings. The van der Waals surface area contributed by atoms with Crippen LogP contribution in [-0.4, -0.2) is 16.0 Å². The molecule has 0 atom stereocenters. The molecule has 23 heavy (non-hydrogen) atoms. The number of benzene rings is 1. The van der Waals surface area contributed by atoms with Crippen molar-refractivity contribution in [3.8, 4) is 5.75 Å². The highest BCUT2D eigenvalue weighted by Crippen LogP contribution is 2.31. The van der Waals surface area contributed by atoms with Gasteiger partial charge in [0.15, 0.2) is 5.76 Å². The van der Waals surface area contributed by atoms with Crippen LogP contribution in [0.25, 0.3) is 10.9 Å². The number of nitrogens with zero attached hydrogens (tertiary/aromatic N) is 1. The minimum absolute atomic E-state index is 0.173. The van der Waals surface area contributed by atoms with Gasteiger partial charge in [0, 0.05) is 35.7 Å². The first-order valence-corrected chi connectivity index (χ1v) is 7.29. The summed E-state index contributed by atoms with van der Waals surface area (Å²) < 4.78 is 26.6. The third kappa shape index (κ3) is 3.65. The van der Waals surface area contributed by atoms with E-state index in [1.807, 2.05) is 6.92 Å². The first kappa shape index (κ1) is 13.0. The molecule has 1 aromatic carbocycles. The Morgan fingerprint density at radius 1 is 1.48 bits per heavy atom. The van der Waals surface area contributed by atoms with Crippen molar-refractivity contribution in [2.45, 2.75) is 27.0 Å². The maximum atomic E-state index is 11.2. The molecule has 0 saturated heterocycles. The van der Waals surface area contributed by atoms with Crippen molar-refractivity contribution in [1.82, 2.24) is 15.5 Å². The maximum Gasteiger partial charge on any atom is 0.217 e. The number of ether oxygens (including phenoxy) is 1. The molecule has 0 spiro atoms.